The van der Waals surface area contributed by atoms with Crippen molar-refractivity contribution in [3.05, 3.63) is 112 Å². The molecule has 51 heavy (non-hydrogen) atoms. The van der Waals surface area contributed by atoms with Crippen molar-refractivity contribution in [2.75, 3.05) is 19.8 Å². The number of amides is 2. The van der Waals surface area contributed by atoms with Gasteiger partial charge in [-0.3, -0.25) is 22.7 Å². The molecule has 0 spiro atoms. The number of carbonyl (C=O) groups excluding carboxylic acids is 2. The van der Waals surface area contributed by atoms with Gasteiger partial charge in [0.05, 0.1) is 42.6 Å². The third-order valence-electron chi connectivity index (χ3n) is 7.73. The van der Waals surface area contributed by atoms with E-state index < -0.39 is 80.5 Å². The summed E-state index contributed by atoms with van der Waals surface area (Å²) in [4.78, 5) is 27.9. The zero-order chi connectivity index (χ0) is 37.2. The summed E-state index contributed by atoms with van der Waals surface area (Å²) in [5, 5.41) is 4.32. The van der Waals surface area contributed by atoms with Gasteiger partial charge in [0.1, 0.15) is 34.2 Å². The van der Waals surface area contributed by atoms with Gasteiger partial charge < -0.3 is 10.5 Å². The van der Waals surface area contributed by atoms with Crippen LogP contribution in [0.5, 0.6) is 0 Å². The number of nitrogens with two attached hydrogens (primary N) is 1. The Morgan fingerprint density at radius 3 is 1.90 bits per heavy atom. The molecular formula is C34H36ClFN4O9S2. The van der Waals surface area contributed by atoms with E-state index in [1.807, 2.05) is 0 Å². The molecule has 0 unspecified atom stereocenters. The van der Waals surface area contributed by atoms with Gasteiger partial charge in [-0.2, -0.15) is 21.9 Å². The van der Waals surface area contributed by atoms with E-state index in [2.05, 4.69) is 5.10 Å². The number of nitrogens with zero attached hydrogens (tertiary/aromatic N) is 3. The number of carbonyl (C=O) groups is 2. The maximum atomic E-state index is 14.2. The molecule has 0 saturated carbocycles. The summed E-state index contributed by atoms with van der Waals surface area (Å²) in [6.07, 6.45) is -0.875. The molecule has 0 radical (unpaired) electrons. The summed E-state index contributed by atoms with van der Waals surface area (Å²) >= 11 is 6.07. The first-order chi connectivity index (χ1) is 23.9. The average Bonchev–Trinajstić information content (AvgIpc) is 3.45. The smallest absolute Gasteiger partial charge is 0.410 e. The Labute approximate surface area is 300 Å². The Bertz CT molecular complexity index is 2070. The number of fused-ring (bicyclic) bond motifs is 1. The van der Waals surface area contributed by atoms with Gasteiger partial charge in [0, 0.05) is 5.56 Å². The molecule has 0 saturated heterocycles. The van der Waals surface area contributed by atoms with Crippen molar-refractivity contribution in [3.63, 3.8) is 0 Å². The number of ether oxygens (including phenoxy) is 1. The maximum Gasteiger partial charge on any atom is 0.410 e. The monoisotopic (exact) mass is 762 g/mol. The van der Waals surface area contributed by atoms with E-state index in [0.29, 0.717) is 11.1 Å². The quantitative estimate of drug-likeness (QED) is 0.194. The molecule has 1 aromatic heterocycles. The van der Waals surface area contributed by atoms with Crippen LogP contribution in [0, 0.1) is 5.82 Å². The van der Waals surface area contributed by atoms with Gasteiger partial charge in [0.15, 0.2) is 0 Å². The van der Waals surface area contributed by atoms with E-state index >= 15 is 0 Å². The van der Waals surface area contributed by atoms with Crippen LogP contribution in [-0.4, -0.2) is 68.9 Å². The second kappa shape index (κ2) is 14.7. The van der Waals surface area contributed by atoms with E-state index in [1.54, 1.807) is 81.4 Å². The maximum absolute atomic E-state index is 14.2. The predicted molar refractivity (Wildman–Crippen MR) is 186 cm³/mol. The molecule has 0 fully saturated rings. The molecular weight excluding hydrogens is 727 g/mol. The fourth-order valence-electron chi connectivity index (χ4n) is 5.50. The first kappa shape index (κ1) is 37.9. The van der Waals surface area contributed by atoms with Gasteiger partial charge in [-0.05, 0) is 50.1 Å². The molecule has 2 heterocycles. The molecule has 2 amide bonds. The topological polar surface area (TPSA) is 177 Å². The van der Waals surface area contributed by atoms with Gasteiger partial charge in [-0.25, -0.2) is 9.18 Å². The molecule has 272 valence electrons. The first-order valence-corrected chi connectivity index (χ1v) is 19.1. The van der Waals surface area contributed by atoms with Crippen LogP contribution in [0.1, 0.15) is 48.0 Å². The highest BCUT2D eigenvalue weighted by molar-refractivity contribution is 7.86. The largest absolute Gasteiger partial charge is 0.444 e. The number of benzene rings is 3. The van der Waals surface area contributed by atoms with Gasteiger partial charge >= 0.3 is 6.09 Å². The highest BCUT2D eigenvalue weighted by Gasteiger charge is 2.48. The van der Waals surface area contributed by atoms with E-state index in [0.717, 1.165) is 11.0 Å². The van der Waals surface area contributed by atoms with Crippen molar-refractivity contribution in [1.29, 1.82) is 0 Å². The number of hydrogen-bond donors (Lipinski definition) is 1. The van der Waals surface area contributed by atoms with Gasteiger partial charge in [0.25, 0.3) is 26.1 Å². The minimum atomic E-state index is -4.36. The molecule has 3 aromatic carbocycles. The van der Waals surface area contributed by atoms with Gasteiger partial charge in [-0.1, -0.05) is 72.3 Å². The van der Waals surface area contributed by atoms with Gasteiger partial charge in [-0.15, -0.1) is 0 Å². The molecule has 1 aliphatic rings. The van der Waals surface area contributed by atoms with Crippen LogP contribution in [0.3, 0.4) is 0 Å². The molecule has 17 heteroatoms. The van der Waals surface area contributed by atoms with Crippen molar-refractivity contribution in [1.82, 2.24) is 14.7 Å². The Balaban J connectivity index is 1.66. The number of halogens is 2. The zero-order valence-electron chi connectivity index (χ0n) is 27.9. The predicted octanol–water partition coefficient (Wildman–Crippen LogP) is 4.98. The number of aromatic nitrogens is 2. The minimum absolute atomic E-state index is 0.0110. The molecule has 0 atom stereocenters. The number of hydrogen-bond acceptors (Lipinski definition) is 10. The molecule has 1 aliphatic heterocycles. The normalized spacial score (nSPS) is 14.6. The van der Waals surface area contributed by atoms with Crippen LogP contribution in [-0.2, 0) is 56.9 Å². The summed E-state index contributed by atoms with van der Waals surface area (Å²) in [5.74, 6) is -2.82. The lowest BCUT2D eigenvalue weighted by molar-refractivity contribution is -0.0140. The molecule has 5 rings (SSSR count). The van der Waals surface area contributed by atoms with Crippen LogP contribution in [0.2, 0.25) is 5.02 Å². The minimum Gasteiger partial charge on any atom is -0.444 e. The summed E-state index contributed by atoms with van der Waals surface area (Å²) in [5.41, 5.74) is 3.64. The SMILES string of the molecule is CC(C)(C)OC(=O)N1Cc2c(C(N)=O)c(-c3ccc(F)c(Cl)c3)nn2C(COS(=O)(=O)Cc2ccccc2)(COS(=O)(=O)Cc2ccccc2)C1. The highest BCUT2D eigenvalue weighted by atomic mass is 35.5. The van der Waals surface area contributed by atoms with Crippen LogP contribution in [0.25, 0.3) is 11.3 Å². The average molecular weight is 763 g/mol. The third kappa shape index (κ3) is 9.31. The standard InChI is InChI=1S/C34H36ClFN4O9S2/c1-33(2,3)49-32(42)39-17-28-29(31(37)41)30(25-14-15-27(36)26(35)16-25)38-40(28)34(20-39,21-47-50(43,44)18-23-10-6-4-7-11-23)22-48-51(45,46)19-24-12-8-5-9-13-24/h4-16H,17-22H2,1-3H3,(H2,37,41). The molecule has 2 N–H and O–H groups in total. The van der Waals surface area contributed by atoms with Crippen molar-refractivity contribution in [3.8, 4) is 11.3 Å². The molecule has 4 aromatic rings. The second-order valence-electron chi connectivity index (χ2n) is 13.0. The number of rotatable bonds is 12. The van der Waals surface area contributed by atoms with E-state index in [-0.39, 0.29) is 34.1 Å². The van der Waals surface area contributed by atoms with Crippen LogP contribution >= 0.6 is 11.6 Å². The summed E-state index contributed by atoms with van der Waals surface area (Å²) in [7, 11) is -8.71. The lowest BCUT2D eigenvalue weighted by Gasteiger charge is -2.43. The summed E-state index contributed by atoms with van der Waals surface area (Å²) in [6.45, 7) is 2.52. The molecule has 0 bridgehead atoms. The van der Waals surface area contributed by atoms with E-state index in [9.17, 15) is 30.8 Å². The second-order valence-corrected chi connectivity index (χ2v) is 16.7. The number of primary amides is 1. The fourth-order valence-corrected chi connectivity index (χ4v) is 7.85. The van der Waals surface area contributed by atoms with Crippen LogP contribution in [0.15, 0.2) is 78.9 Å². The van der Waals surface area contributed by atoms with E-state index in [1.165, 1.54) is 16.8 Å². The Morgan fingerprint density at radius 1 is 0.902 bits per heavy atom. The van der Waals surface area contributed by atoms with E-state index in [4.69, 9.17) is 30.4 Å². The van der Waals surface area contributed by atoms with Gasteiger partial charge in [0.2, 0.25) is 0 Å². The summed E-state index contributed by atoms with van der Waals surface area (Å²) < 4.78 is 85.6. The van der Waals surface area contributed by atoms with Crippen molar-refractivity contribution in [2.24, 2.45) is 5.73 Å². The van der Waals surface area contributed by atoms with Crippen LogP contribution in [0.4, 0.5) is 9.18 Å². The summed E-state index contributed by atoms with van der Waals surface area (Å²) in [6, 6.07) is 20.0. The highest BCUT2D eigenvalue weighted by Crippen LogP contribution is 2.37. The third-order valence-corrected chi connectivity index (χ3v) is 10.4. The molecule has 13 nitrogen and oxygen atoms in total. The van der Waals surface area contributed by atoms with Crippen molar-refractivity contribution < 1.29 is 43.9 Å². The lowest BCUT2D eigenvalue weighted by Crippen LogP contribution is -2.58. The van der Waals surface area contributed by atoms with Crippen LogP contribution < -0.4 is 5.73 Å². The van der Waals surface area contributed by atoms with Crippen molar-refractivity contribution >= 4 is 43.8 Å². The Hall–Kier alpha value is -4.35. The Morgan fingerprint density at radius 2 is 1.43 bits per heavy atom. The van der Waals surface area contributed by atoms with Crippen molar-refractivity contribution in [2.45, 2.75) is 50.0 Å². The molecule has 0 aliphatic carbocycles. The lowest BCUT2D eigenvalue weighted by atomic mass is 9.96. The Kier molecular flexibility index (Phi) is 10.9. The zero-order valence-corrected chi connectivity index (χ0v) is 30.3. The first-order valence-electron chi connectivity index (χ1n) is 15.5. The fraction of sp³-hybridized carbons (Fsp3) is 0.324.